The van der Waals surface area contributed by atoms with E-state index in [0.717, 1.165) is 35.4 Å². The van der Waals surface area contributed by atoms with Crippen LogP contribution < -0.4 is 15.8 Å². The maximum absolute atomic E-state index is 11.9. The second kappa shape index (κ2) is 6.79. The summed E-state index contributed by atoms with van der Waals surface area (Å²) in [5.41, 5.74) is 9.17. The second-order valence-corrected chi connectivity index (χ2v) is 5.66. The van der Waals surface area contributed by atoms with Crippen molar-refractivity contribution in [3.8, 4) is 17.0 Å². The highest BCUT2D eigenvalue weighted by Crippen LogP contribution is 2.37. The Kier molecular flexibility index (Phi) is 4.57. The number of nitrogens with one attached hydrogen (secondary N) is 1. The third-order valence-electron chi connectivity index (χ3n) is 3.93. The summed E-state index contributed by atoms with van der Waals surface area (Å²) < 4.78 is 5.93. The van der Waals surface area contributed by atoms with Crippen molar-refractivity contribution in [1.29, 1.82) is 0 Å². The van der Waals surface area contributed by atoms with Crippen molar-refractivity contribution in [2.45, 2.75) is 25.9 Å². The Labute approximate surface area is 135 Å². The Morgan fingerprint density at radius 3 is 2.96 bits per heavy atom. The molecule has 0 aliphatic carbocycles. The zero-order chi connectivity index (χ0) is 16.2. The Morgan fingerprint density at radius 1 is 1.39 bits per heavy atom. The van der Waals surface area contributed by atoms with E-state index in [0.29, 0.717) is 18.7 Å². The maximum atomic E-state index is 11.9. The molecule has 1 aromatic carbocycles. The average molecular weight is 311 g/mol. The first-order valence-electron chi connectivity index (χ1n) is 7.96. The number of para-hydroxylation sites is 1. The first-order valence-corrected chi connectivity index (χ1v) is 7.96. The van der Waals surface area contributed by atoms with Gasteiger partial charge in [-0.2, -0.15) is 0 Å². The number of hydrogen-bond donors (Lipinski definition) is 2. The molecule has 0 bridgehead atoms. The molecule has 0 radical (unpaired) electrons. The summed E-state index contributed by atoms with van der Waals surface area (Å²) in [6, 6.07) is 9.69. The summed E-state index contributed by atoms with van der Waals surface area (Å²) in [6.07, 6.45) is 3.38. The summed E-state index contributed by atoms with van der Waals surface area (Å²) in [7, 11) is 0. The number of aromatic nitrogens is 1. The van der Waals surface area contributed by atoms with Gasteiger partial charge in [-0.3, -0.25) is 9.78 Å². The Bertz CT molecular complexity index is 698. The molecule has 1 aliphatic rings. The van der Waals surface area contributed by atoms with E-state index in [-0.39, 0.29) is 12.0 Å². The lowest BCUT2D eigenvalue weighted by Gasteiger charge is -2.10. The molecule has 0 unspecified atom stereocenters. The minimum Gasteiger partial charge on any atom is -0.488 e. The van der Waals surface area contributed by atoms with E-state index in [2.05, 4.69) is 16.4 Å². The molecule has 0 spiro atoms. The first kappa shape index (κ1) is 15.5. The molecule has 1 atom stereocenters. The van der Waals surface area contributed by atoms with Crippen molar-refractivity contribution in [2.75, 3.05) is 13.1 Å². The molecule has 0 saturated heterocycles. The van der Waals surface area contributed by atoms with Gasteiger partial charge in [0.15, 0.2) is 0 Å². The van der Waals surface area contributed by atoms with E-state index >= 15 is 0 Å². The van der Waals surface area contributed by atoms with Gasteiger partial charge < -0.3 is 15.8 Å². The number of carbonyl (C=O) groups excluding carboxylic acids is 1. The van der Waals surface area contributed by atoms with Crippen molar-refractivity contribution in [2.24, 2.45) is 5.73 Å². The van der Waals surface area contributed by atoms with E-state index in [1.165, 1.54) is 0 Å². The Hall–Kier alpha value is -2.40. The molecule has 5 nitrogen and oxygen atoms in total. The van der Waals surface area contributed by atoms with Crippen LogP contribution in [-0.2, 0) is 6.42 Å². The molecule has 1 aromatic heterocycles. The van der Waals surface area contributed by atoms with Crippen LogP contribution in [0.2, 0.25) is 0 Å². The third kappa shape index (κ3) is 3.19. The van der Waals surface area contributed by atoms with Crippen LogP contribution in [0.15, 0.2) is 36.5 Å². The lowest BCUT2D eigenvalue weighted by molar-refractivity contribution is 0.0953. The molecule has 23 heavy (non-hydrogen) atoms. The van der Waals surface area contributed by atoms with Crippen molar-refractivity contribution in [1.82, 2.24) is 10.3 Å². The number of nitrogens with two attached hydrogens (primary N) is 1. The van der Waals surface area contributed by atoms with Gasteiger partial charge in [-0.25, -0.2) is 0 Å². The Morgan fingerprint density at radius 2 is 2.26 bits per heavy atom. The van der Waals surface area contributed by atoms with Crippen LogP contribution in [-0.4, -0.2) is 30.1 Å². The Balaban J connectivity index is 1.84. The molecule has 1 aliphatic heterocycles. The largest absolute Gasteiger partial charge is 0.488 e. The van der Waals surface area contributed by atoms with Crippen LogP contribution >= 0.6 is 0 Å². The summed E-state index contributed by atoms with van der Waals surface area (Å²) >= 11 is 0. The van der Waals surface area contributed by atoms with E-state index in [1.54, 1.807) is 12.3 Å². The number of carbonyl (C=O) groups is 1. The summed E-state index contributed by atoms with van der Waals surface area (Å²) in [4.78, 5) is 16.4. The van der Waals surface area contributed by atoms with Crippen molar-refractivity contribution in [3.05, 3.63) is 47.7 Å². The SMILES string of the molecule is CCCNC(=O)c1ccc(-c2cccc3c2O[C@@H](CN)C3)nc1. The molecule has 0 saturated carbocycles. The van der Waals surface area contributed by atoms with Crippen LogP contribution in [0.3, 0.4) is 0 Å². The lowest BCUT2D eigenvalue weighted by Crippen LogP contribution is -2.24. The molecule has 3 N–H and O–H groups in total. The van der Waals surface area contributed by atoms with Gasteiger partial charge in [0, 0.05) is 31.3 Å². The fourth-order valence-electron chi connectivity index (χ4n) is 2.70. The number of hydrogen-bond acceptors (Lipinski definition) is 4. The molecule has 3 rings (SSSR count). The van der Waals surface area contributed by atoms with E-state index in [4.69, 9.17) is 10.5 Å². The predicted molar refractivity (Wildman–Crippen MR) is 89.5 cm³/mol. The van der Waals surface area contributed by atoms with Gasteiger partial charge in [-0.1, -0.05) is 19.1 Å². The summed E-state index contributed by atoms with van der Waals surface area (Å²) in [5.74, 6) is 0.766. The van der Waals surface area contributed by atoms with E-state index in [1.807, 2.05) is 25.1 Å². The predicted octanol–water partition coefficient (Wildman–Crippen LogP) is 2.15. The second-order valence-electron chi connectivity index (χ2n) is 5.66. The van der Waals surface area contributed by atoms with Crippen molar-refractivity contribution in [3.63, 3.8) is 0 Å². The fourth-order valence-corrected chi connectivity index (χ4v) is 2.70. The fraction of sp³-hybridized carbons (Fsp3) is 0.333. The number of nitrogens with zero attached hydrogens (tertiary/aromatic N) is 1. The van der Waals surface area contributed by atoms with Crippen molar-refractivity contribution < 1.29 is 9.53 Å². The number of amides is 1. The highest BCUT2D eigenvalue weighted by molar-refractivity contribution is 5.94. The van der Waals surface area contributed by atoms with Gasteiger partial charge >= 0.3 is 0 Å². The van der Waals surface area contributed by atoms with Gasteiger partial charge in [0.1, 0.15) is 11.9 Å². The standard InChI is InChI=1S/C18H21N3O2/c1-2-8-20-18(22)13-6-7-16(21-11-13)15-5-3-4-12-9-14(10-19)23-17(12)15/h3-7,11,14H,2,8-10,19H2,1H3,(H,20,22)/t14-/m1/s1. The van der Waals surface area contributed by atoms with Crippen LogP contribution in [0.5, 0.6) is 5.75 Å². The maximum Gasteiger partial charge on any atom is 0.252 e. The van der Waals surface area contributed by atoms with E-state index < -0.39 is 0 Å². The normalized spacial score (nSPS) is 15.8. The van der Waals surface area contributed by atoms with Gasteiger partial charge in [0.2, 0.25) is 0 Å². The molecule has 120 valence electrons. The van der Waals surface area contributed by atoms with Gasteiger partial charge in [0.05, 0.1) is 11.3 Å². The van der Waals surface area contributed by atoms with E-state index in [9.17, 15) is 4.79 Å². The number of fused-ring (bicyclic) bond motifs is 1. The number of ether oxygens (including phenoxy) is 1. The highest BCUT2D eigenvalue weighted by atomic mass is 16.5. The first-order chi connectivity index (χ1) is 11.2. The average Bonchev–Trinajstić information content (AvgIpc) is 3.03. The van der Waals surface area contributed by atoms with Crippen LogP contribution in [0.25, 0.3) is 11.3 Å². The molecule has 1 amide bonds. The molecule has 2 aromatic rings. The quantitative estimate of drug-likeness (QED) is 0.887. The van der Waals surface area contributed by atoms with Crippen LogP contribution in [0.4, 0.5) is 0 Å². The zero-order valence-electron chi connectivity index (χ0n) is 13.2. The molecule has 0 fully saturated rings. The highest BCUT2D eigenvalue weighted by Gasteiger charge is 2.24. The lowest BCUT2D eigenvalue weighted by atomic mass is 10.0. The smallest absolute Gasteiger partial charge is 0.252 e. The number of rotatable bonds is 5. The molecular weight excluding hydrogens is 290 g/mol. The van der Waals surface area contributed by atoms with Gasteiger partial charge in [0.25, 0.3) is 5.91 Å². The molecule has 5 heteroatoms. The molecule has 2 heterocycles. The van der Waals surface area contributed by atoms with Crippen LogP contribution in [0, 0.1) is 0 Å². The molecular formula is C18H21N3O2. The van der Waals surface area contributed by atoms with Gasteiger partial charge in [-0.05, 0) is 30.2 Å². The summed E-state index contributed by atoms with van der Waals surface area (Å²) in [6.45, 7) is 3.19. The summed E-state index contributed by atoms with van der Waals surface area (Å²) in [5, 5.41) is 2.85. The third-order valence-corrected chi connectivity index (χ3v) is 3.93. The monoisotopic (exact) mass is 311 g/mol. The topological polar surface area (TPSA) is 77.2 Å². The minimum atomic E-state index is -0.0939. The number of pyridine rings is 1. The zero-order valence-corrected chi connectivity index (χ0v) is 13.2. The number of benzene rings is 1. The minimum absolute atomic E-state index is 0.0326. The van der Waals surface area contributed by atoms with Gasteiger partial charge in [-0.15, -0.1) is 0 Å². The van der Waals surface area contributed by atoms with Crippen LogP contribution in [0.1, 0.15) is 29.3 Å². The van der Waals surface area contributed by atoms with Crippen molar-refractivity contribution >= 4 is 5.91 Å².